The minimum atomic E-state index is -1.20. The molecule has 1 aliphatic heterocycles. The fourth-order valence-corrected chi connectivity index (χ4v) is 3.35. The molecule has 2 N–H and O–H groups in total. The molecule has 2 aromatic carbocycles. The lowest BCUT2D eigenvalue weighted by Crippen LogP contribution is -2.46. The molecule has 0 saturated carbocycles. The minimum absolute atomic E-state index is 0.00105. The number of aliphatic hydroxyl groups excluding tert-OH is 2. The van der Waals surface area contributed by atoms with Crippen molar-refractivity contribution in [2.45, 2.75) is 43.7 Å². The fraction of sp³-hybridized carbons (Fsp3) is 0.429. The Bertz CT molecular complexity index is 631. The molecule has 25 heavy (non-hydrogen) atoms. The van der Waals surface area contributed by atoms with Crippen molar-refractivity contribution >= 4 is 0 Å². The Morgan fingerprint density at radius 3 is 2.36 bits per heavy atom. The summed E-state index contributed by atoms with van der Waals surface area (Å²) < 4.78 is 12.5. The van der Waals surface area contributed by atoms with Crippen molar-refractivity contribution in [1.29, 1.82) is 0 Å². The lowest BCUT2D eigenvalue weighted by Gasteiger charge is -2.44. The standard InChI is InChI=1S/C21H26O4/c22-15-8-7-13-19-14-16-24-21(25-19,18-11-5-2-6-12-18)20(23)17-9-3-1-4-10-17/h1-6,9-12,19-20,22-23H,7-8,13-16H2. The summed E-state index contributed by atoms with van der Waals surface area (Å²) in [6.07, 6.45) is 2.38. The number of benzene rings is 2. The largest absolute Gasteiger partial charge is 0.396 e. The summed E-state index contributed by atoms with van der Waals surface area (Å²) in [5.41, 5.74) is 1.58. The predicted molar refractivity (Wildman–Crippen MR) is 95.9 cm³/mol. The Morgan fingerprint density at radius 1 is 1.00 bits per heavy atom. The van der Waals surface area contributed by atoms with Crippen LogP contribution in [0.5, 0.6) is 0 Å². The zero-order valence-electron chi connectivity index (χ0n) is 14.4. The van der Waals surface area contributed by atoms with Gasteiger partial charge in [0.1, 0.15) is 6.10 Å². The van der Waals surface area contributed by atoms with E-state index in [1.807, 2.05) is 60.7 Å². The Kier molecular flexibility index (Phi) is 6.21. The summed E-state index contributed by atoms with van der Waals surface area (Å²) in [6.45, 7) is 0.724. The molecular formula is C21H26O4. The molecular weight excluding hydrogens is 316 g/mol. The summed E-state index contributed by atoms with van der Waals surface area (Å²) in [6, 6.07) is 19.2. The molecule has 3 rings (SSSR count). The van der Waals surface area contributed by atoms with E-state index in [-0.39, 0.29) is 12.7 Å². The van der Waals surface area contributed by atoms with Crippen LogP contribution in [0.25, 0.3) is 0 Å². The third-order valence-electron chi connectivity index (χ3n) is 4.68. The van der Waals surface area contributed by atoms with E-state index >= 15 is 0 Å². The SMILES string of the molecule is OCCCCC1CCOC(c2ccccc2)(C(O)c2ccccc2)O1. The molecule has 3 unspecified atom stereocenters. The maximum absolute atomic E-state index is 11.1. The van der Waals surface area contributed by atoms with Crippen molar-refractivity contribution in [2.24, 2.45) is 0 Å². The van der Waals surface area contributed by atoms with Crippen LogP contribution in [-0.2, 0) is 15.3 Å². The van der Waals surface area contributed by atoms with Crippen LogP contribution < -0.4 is 0 Å². The van der Waals surface area contributed by atoms with Crippen LogP contribution in [-0.4, -0.2) is 29.5 Å². The first kappa shape index (κ1) is 18.1. The van der Waals surface area contributed by atoms with Crippen LogP contribution in [0.1, 0.15) is 42.9 Å². The number of hydrogen-bond acceptors (Lipinski definition) is 4. The second kappa shape index (κ2) is 8.59. The highest BCUT2D eigenvalue weighted by Crippen LogP contribution is 2.44. The smallest absolute Gasteiger partial charge is 0.226 e. The second-order valence-corrected chi connectivity index (χ2v) is 6.44. The molecule has 2 aromatic rings. The van der Waals surface area contributed by atoms with Gasteiger partial charge in [0, 0.05) is 12.2 Å². The Labute approximate surface area is 149 Å². The first-order chi connectivity index (χ1) is 12.3. The van der Waals surface area contributed by atoms with Gasteiger partial charge in [-0.1, -0.05) is 60.7 Å². The summed E-state index contributed by atoms with van der Waals surface area (Å²) >= 11 is 0. The Hall–Kier alpha value is -1.72. The van der Waals surface area contributed by atoms with Crippen molar-refractivity contribution in [1.82, 2.24) is 0 Å². The van der Waals surface area contributed by atoms with E-state index in [0.717, 1.165) is 36.8 Å². The lowest BCUT2D eigenvalue weighted by molar-refractivity contribution is -0.343. The lowest BCUT2D eigenvalue weighted by atomic mass is 9.92. The molecule has 1 saturated heterocycles. The fourth-order valence-electron chi connectivity index (χ4n) is 3.35. The third kappa shape index (κ3) is 4.10. The van der Waals surface area contributed by atoms with Gasteiger partial charge in [-0.15, -0.1) is 0 Å². The summed E-state index contributed by atoms with van der Waals surface area (Å²) in [5.74, 6) is -1.20. The molecule has 0 amide bonds. The Morgan fingerprint density at radius 2 is 1.68 bits per heavy atom. The maximum Gasteiger partial charge on any atom is 0.226 e. The molecule has 1 heterocycles. The van der Waals surface area contributed by atoms with Crippen molar-refractivity contribution < 1.29 is 19.7 Å². The van der Waals surface area contributed by atoms with Gasteiger partial charge in [0.2, 0.25) is 5.79 Å². The first-order valence-electron chi connectivity index (χ1n) is 8.97. The average molecular weight is 342 g/mol. The van der Waals surface area contributed by atoms with E-state index in [2.05, 4.69) is 0 Å². The van der Waals surface area contributed by atoms with Crippen LogP contribution in [0.3, 0.4) is 0 Å². The second-order valence-electron chi connectivity index (χ2n) is 6.44. The number of hydrogen-bond donors (Lipinski definition) is 2. The van der Waals surface area contributed by atoms with Crippen LogP contribution in [0.2, 0.25) is 0 Å². The van der Waals surface area contributed by atoms with E-state index in [0.29, 0.717) is 6.61 Å². The van der Waals surface area contributed by atoms with Crippen molar-refractivity contribution in [3.63, 3.8) is 0 Å². The number of ether oxygens (including phenoxy) is 2. The molecule has 4 nitrogen and oxygen atoms in total. The highest BCUT2D eigenvalue weighted by Gasteiger charge is 2.47. The van der Waals surface area contributed by atoms with Gasteiger partial charge in [-0.05, 0) is 31.2 Å². The summed E-state index contributed by atoms with van der Waals surface area (Å²) in [7, 11) is 0. The van der Waals surface area contributed by atoms with Gasteiger partial charge in [-0.2, -0.15) is 0 Å². The molecule has 0 spiro atoms. The van der Waals surface area contributed by atoms with E-state index in [9.17, 15) is 5.11 Å². The number of rotatable bonds is 7. The van der Waals surface area contributed by atoms with Gasteiger partial charge in [0.05, 0.1) is 12.7 Å². The minimum Gasteiger partial charge on any atom is -0.396 e. The van der Waals surface area contributed by atoms with Crippen LogP contribution >= 0.6 is 0 Å². The molecule has 0 bridgehead atoms. The van der Waals surface area contributed by atoms with Crippen molar-refractivity contribution in [2.75, 3.05) is 13.2 Å². The normalized spacial score (nSPS) is 24.8. The molecule has 0 radical (unpaired) electrons. The van der Waals surface area contributed by atoms with Gasteiger partial charge in [0.15, 0.2) is 0 Å². The van der Waals surface area contributed by atoms with Crippen LogP contribution in [0.4, 0.5) is 0 Å². The molecule has 3 atom stereocenters. The summed E-state index contributed by atoms with van der Waals surface area (Å²) in [5, 5.41) is 20.2. The van der Waals surface area contributed by atoms with Gasteiger partial charge in [0.25, 0.3) is 0 Å². The zero-order valence-corrected chi connectivity index (χ0v) is 14.4. The Balaban J connectivity index is 1.90. The van der Waals surface area contributed by atoms with E-state index in [1.54, 1.807) is 0 Å². The molecule has 4 heteroatoms. The van der Waals surface area contributed by atoms with Crippen molar-refractivity contribution in [3.8, 4) is 0 Å². The quantitative estimate of drug-likeness (QED) is 0.756. The monoisotopic (exact) mass is 342 g/mol. The van der Waals surface area contributed by atoms with E-state index in [4.69, 9.17) is 14.6 Å². The van der Waals surface area contributed by atoms with E-state index in [1.165, 1.54) is 0 Å². The zero-order chi connectivity index (χ0) is 17.5. The molecule has 1 aliphatic rings. The van der Waals surface area contributed by atoms with Crippen LogP contribution in [0, 0.1) is 0 Å². The molecule has 1 fully saturated rings. The topological polar surface area (TPSA) is 58.9 Å². The van der Waals surface area contributed by atoms with E-state index < -0.39 is 11.9 Å². The third-order valence-corrected chi connectivity index (χ3v) is 4.68. The highest BCUT2D eigenvalue weighted by molar-refractivity contribution is 5.28. The molecule has 0 aromatic heterocycles. The van der Waals surface area contributed by atoms with Gasteiger partial charge >= 0.3 is 0 Å². The van der Waals surface area contributed by atoms with Gasteiger partial charge in [-0.3, -0.25) is 0 Å². The average Bonchev–Trinajstić information content (AvgIpc) is 2.69. The number of unbranched alkanes of at least 4 members (excludes halogenated alkanes) is 1. The first-order valence-corrected chi connectivity index (χ1v) is 8.97. The molecule has 134 valence electrons. The van der Waals surface area contributed by atoms with Gasteiger partial charge < -0.3 is 19.7 Å². The molecule has 0 aliphatic carbocycles. The maximum atomic E-state index is 11.1. The highest BCUT2D eigenvalue weighted by atomic mass is 16.7. The van der Waals surface area contributed by atoms with Crippen LogP contribution in [0.15, 0.2) is 60.7 Å². The van der Waals surface area contributed by atoms with Crippen molar-refractivity contribution in [3.05, 3.63) is 71.8 Å². The number of aliphatic hydroxyl groups is 2. The van der Waals surface area contributed by atoms with Gasteiger partial charge in [-0.25, -0.2) is 0 Å². The predicted octanol–water partition coefficient (Wildman–Crippen LogP) is 3.54. The summed E-state index contributed by atoms with van der Waals surface area (Å²) in [4.78, 5) is 0.